The van der Waals surface area contributed by atoms with Crippen molar-refractivity contribution < 1.29 is 19.4 Å². The minimum absolute atomic E-state index is 0.0658. The second-order valence-electron chi connectivity index (χ2n) is 5.47. The van der Waals surface area contributed by atoms with E-state index in [0.29, 0.717) is 18.4 Å². The molecule has 0 aromatic carbocycles. The molecule has 106 valence electrons. The Bertz CT molecular complexity index is 425. The Balaban J connectivity index is 2.46. The summed E-state index contributed by atoms with van der Waals surface area (Å²) < 4.78 is 4.89. The molecule has 0 aliphatic carbocycles. The van der Waals surface area contributed by atoms with Gasteiger partial charge in [0.05, 0.1) is 24.2 Å². The van der Waals surface area contributed by atoms with Crippen molar-refractivity contribution in [3.05, 3.63) is 35.8 Å². The van der Waals surface area contributed by atoms with Gasteiger partial charge in [-0.3, -0.25) is 4.79 Å². The van der Waals surface area contributed by atoms with E-state index < -0.39 is 11.7 Å². The van der Waals surface area contributed by atoms with E-state index in [2.05, 4.69) is 0 Å². The molecule has 1 aromatic rings. The maximum Gasteiger partial charge on any atom is 0.158 e. The van der Waals surface area contributed by atoms with Crippen LogP contribution < -0.4 is 0 Å². The summed E-state index contributed by atoms with van der Waals surface area (Å²) in [5.41, 5.74) is 0.499. The zero-order valence-corrected chi connectivity index (χ0v) is 11.7. The number of carbonyl (C=O) groups is 1. The fraction of sp³-hybridized carbons (Fsp3) is 0.533. The topological polar surface area (TPSA) is 70.7 Å². The van der Waals surface area contributed by atoms with Crippen molar-refractivity contribution in [2.75, 3.05) is 0 Å². The normalized spacial score (nSPS) is 15.6. The fourth-order valence-electron chi connectivity index (χ4n) is 1.92. The highest BCUT2D eigenvalue weighted by Gasteiger charge is 2.25. The minimum atomic E-state index is -1.10. The third-order valence-corrected chi connectivity index (χ3v) is 2.89. The molecule has 0 fully saturated rings. The van der Waals surface area contributed by atoms with Gasteiger partial charge in [-0.25, -0.2) is 0 Å². The third-order valence-electron chi connectivity index (χ3n) is 2.89. The van der Waals surface area contributed by atoms with E-state index in [0.717, 1.165) is 5.57 Å². The molecule has 0 amide bonds. The number of allylic oxidation sites excluding steroid dienone is 2. The van der Waals surface area contributed by atoms with Crippen LogP contribution in [0.3, 0.4) is 0 Å². The fourth-order valence-corrected chi connectivity index (χ4v) is 1.92. The smallest absolute Gasteiger partial charge is 0.158 e. The zero-order valence-electron chi connectivity index (χ0n) is 11.7. The van der Waals surface area contributed by atoms with Crippen LogP contribution in [-0.4, -0.2) is 21.6 Å². The molecule has 4 heteroatoms. The Labute approximate surface area is 113 Å². The average molecular weight is 266 g/mol. The number of aliphatic hydroxyl groups excluding tert-OH is 1. The van der Waals surface area contributed by atoms with Crippen LogP contribution in [-0.2, 0) is 4.79 Å². The van der Waals surface area contributed by atoms with Gasteiger partial charge in [0.25, 0.3) is 0 Å². The number of furan rings is 1. The summed E-state index contributed by atoms with van der Waals surface area (Å²) >= 11 is 0. The van der Waals surface area contributed by atoms with E-state index in [-0.39, 0.29) is 12.2 Å². The molecular weight excluding hydrogens is 244 g/mol. The Morgan fingerprint density at radius 2 is 2.21 bits per heavy atom. The van der Waals surface area contributed by atoms with E-state index in [4.69, 9.17) is 4.42 Å². The molecule has 2 atom stereocenters. The monoisotopic (exact) mass is 266 g/mol. The average Bonchev–Trinajstić information content (AvgIpc) is 2.77. The first-order valence-electron chi connectivity index (χ1n) is 6.40. The minimum Gasteiger partial charge on any atom is -0.472 e. The van der Waals surface area contributed by atoms with Crippen molar-refractivity contribution in [1.82, 2.24) is 0 Å². The number of ketones is 1. The highest BCUT2D eigenvalue weighted by molar-refractivity contribution is 5.90. The molecule has 0 bridgehead atoms. The Morgan fingerprint density at radius 1 is 1.53 bits per heavy atom. The molecule has 0 spiro atoms. The van der Waals surface area contributed by atoms with Crippen molar-refractivity contribution in [3.8, 4) is 0 Å². The van der Waals surface area contributed by atoms with Gasteiger partial charge in [-0.15, -0.1) is 0 Å². The lowest BCUT2D eigenvalue weighted by molar-refractivity contribution is -0.119. The second-order valence-corrected chi connectivity index (χ2v) is 5.47. The van der Waals surface area contributed by atoms with E-state index >= 15 is 0 Å². The SMILES string of the molecule is CC(C)=CC(=O)CC(C)(O)CCC(O)c1ccoc1. The molecule has 2 N–H and O–H groups in total. The molecule has 1 aromatic heterocycles. The predicted octanol–water partition coefficient (Wildman–Crippen LogP) is 2.77. The largest absolute Gasteiger partial charge is 0.472 e. The van der Waals surface area contributed by atoms with Crippen LogP contribution in [0.15, 0.2) is 34.7 Å². The second kappa shape index (κ2) is 6.68. The van der Waals surface area contributed by atoms with Gasteiger partial charge >= 0.3 is 0 Å². The first-order valence-corrected chi connectivity index (χ1v) is 6.40. The molecule has 0 aliphatic heterocycles. The summed E-state index contributed by atoms with van der Waals surface area (Å²) in [6.45, 7) is 5.30. The van der Waals surface area contributed by atoms with Crippen LogP contribution in [0.4, 0.5) is 0 Å². The Hall–Kier alpha value is -1.39. The van der Waals surface area contributed by atoms with Gasteiger partial charge in [0, 0.05) is 12.0 Å². The number of carbonyl (C=O) groups excluding carboxylic acids is 1. The molecule has 0 radical (unpaired) electrons. The van der Waals surface area contributed by atoms with Crippen molar-refractivity contribution in [3.63, 3.8) is 0 Å². The summed E-state index contributed by atoms with van der Waals surface area (Å²) in [6.07, 6.45) is 4.62. The maximum absolute atomic E-state index is 11.6. The molecule has 4 nitrogen and oxygen atoms in total. The van der Waals surface area contributed by atoms with Crippen molar-refractivity contribution in [2.24, 2.45) is 0 Å². The lowest BCUT2D eigenvalue weighted by Crippen LogP contribution is -2.28. The molecule has 2 unspecified atom stereocenters. The Kier molecular flexibility index (Phi) is 5.51. The summed E-state index contributed by atoms with van der Waals surface area (Å²) in [4.78, 5) is 11.6. The molecule has 19 heavy (non-hydrogen) atoms. The lowest BCUT2D eigenvalue weighted by Gasteiger charge is -2.23. The first-order chi connectivity index (χ1) is 8.80. The molecule has 0 aliphatic rings. The summed E-state index contributed by atoms with van der Waals surface area (Å²) in [5.74, 6) is -0.0946. The van der Waals surface area contributed by atoms with Gasteiger partial charge in [-0.1, -0.05) is 5.57 Å². The van der Waals surface area contributed by atoms with Crippen molar-refractivity contribution >= 4 is 5.78 Å². The highest BCUT2D eigenvalue weighted by atomic mass is 16.3. The van der Waals surface area contributed by atoms with Gasteiger partial charge in [0.1, 0.15) is 0 Å². The van der Waals surface area contributed by atoms with Crippen LogP contribution in [0.25, 0.3) is 0 Å². The van der Waals surface area contributed by atoms with Crippen LogP contribution in [0.5, 0.6) is 0 Å². The standard InChI is InChI=1S/C15H22O4/c1-11(2)8-13(16)9-15(3,18)6-4-14(17)12-5-7-19-10-12/h5,7-8,10,14,17-18H,4,6,9H2,1-3H3. The Morgan fingerprint density at radius 3 is 2.74 bits per heavy atom. The molecule has 1 heterocycles. The number of hydrogen-bond acceptors (Lipinski definition) is 4. The van der Waals surface area contributed by atoms with E-state index in [9.17, 15) is 15.0 Å². The summed E-state index contributed by atoms with van der Waals surface area (Å²) in [5, 5.41) is 20.0. The molecule has 0 saturated carbocycles. The molecular formula is C15H22O4. The summed E-state index contributed by atoms with van der Waals surface area (Å²) in [7, 11) is 0. The van der Waals surface area contributed by atoms with Gasteiger partial charge in [-0.2, -0.15) is 0 Å². The van der Waals surface area contributed by atoms with Gasteiger partial charge in [0.15, 0.2) is 5.78 Å². The molecule has 1 rings (SSSR count). The van der Waals surface area contributed by atoms with Crippen molar-refractivity contribution in [1.29, 1.82) is 0 Å². The van der Waals surface area contributed by atoms with Crippen LogP contribution >= 0.6 is 0 Å². The van der Waals surface area contributed by atoms with Gasteiger partial charge in [-0.05, 0) is 45.8 Å². The van der Waals surface area contributed by atoms with E-state index in [1.807, 2.05) is 13.8 Å². The van der Waals surface area contributed by atoms with E-state index in [1.54, 1.807) is 13.0 Å². The lowest BCUT2D eigenvalue weighted by atomic mass is 9.91. The number of hydrogen-bond donors (Lipinski definition) is 2. The van der Waals surface area contributed by atoms with Gasteiger partial charge in [0.2, 0.25) is 0 Å². The zero-order chi connectivity index (χ0) is 14.5. The highest BCUT2D eigenvalue weighted by Crippen LogP contribution is 2.25. The first kappa shape index (κ1) is 15.7. The van der Waals surface area contributed by atoms with Crippen LogP contribution in [0, 0.1) is 0 Å². The van der Waals surface area contributed by atoms with Gasteiger partial charge < -0.3 is 14.6 Å². The van der Waals surface area contributed by atoms with Crippen molar-refractivity contribution in [2.45, 2.75) is 51.7 Å². The van der Waals surface area contributed by atoms with Crippen LogP contribution in [0.1, 0.15) is 51.7 Å². The predicted molar refractivity (Wildman–Crippen MR) is 72.6 cm³/mol. The van der Waals surface area contributed by atoms with Crippen LogP contribution in [0.2, 0.25) is 0 Å². The number of aliphatic hydroxyl groups is 2. The number of rotatable bonds is 7. The third kappa shape index (κ3) is 5.85. The summed E-state index contributed by atoms with van der Waals surface area (Å²) in [6, 6.07) is 1.69. The quantitative estimate of drug-likeness (QED) is 0.744. The molecule has 0 saturated heterocycles. The maximum atomic E-state index is 11.6. The van der Waals surface area contributed by atoms with E-state index in [1.165, 1.54) is 18.6 Å².